The van der Waals surface area contributed by atoms with E-state index in [1.54, 1.807) is 14.2 Å². The average Bonchev–Trinajstić information content (AvgIpc) is 3.16. The van der Waals surface area contributed by atoms with Crippen LogP contribution in [0.15, 0.2) is 54.6 Å². The Morgan fingerprint density at radius 3 is 2.23 bits per heavy atom. The van der Waals surface area contributed by atoms with Crippen LogP contribution in [0.4, 0.5) is 0 Å². The number of rotatable bonds is 5. The van der Waals surface area contributed by atoms with Crippen molar-refractivity contribution in [3.8, 4) is 28.4 Å². The van der Waals surface area contributed by atoms with E-state index in [1.807, 2.05) is 66.4 Å². The van der Waals surface area contributed by atoms with Crippen LogP contribution in [-0.2, 0) is 0 Å². The van der Waals surface area contributed by atoms with Gasteiger partial charge in [-0.05, 0) is 74.2 Å². The van der Waals surface area contributed by atoms with Gasteiger partial charge in [-0.2, -0.15) is 0 Å². The molecule has 0 spiro atoms. The summed E-state index contributed by atoms with van der Waals surface area (Å²) in [6.45, 7) is 3.69. The summed E-state index contributed by atoms with van der Waals surface area (Å²) in [5.74, 6) is 1.70. The van der Waals surface area contributed by atoms with E-state index in [4.69, 9.17) is 9.47 Å². The summed E-state index contributed by atoms with van der Waals surface area (Å²) in [7, 11) is 3.32. The van der Waals surface area contributed by atoms with Crippen LogP contribution in [0, 0.1) is 6.92 Å². The van der Waals surface area contributed by atoms with Gasteiger partial charge in [-0.3, -0.25) is 4.79 Å². The number of ether oxygens (including phenoxy) is 2. The lowest BCUT2D eigenvalue weighted by Gasteiger charge is -2.26. The third-order valence-electron chi connectivity index (χ3n) is 5.82. The number of aromatic nitrogens is 1. The van der Waals surface area contributed by atoms with E-state index >= 15 is 0 Å². The van der Waals surface area contributed by atoms with E-state index in [0.717, 1.165) is 65.6 Å². The van der Waals surface area contributed by atoms with Gasteiger partial charge in [0, 0.05) is 30.5 Å². The first-order chi connectivity index (χ1) is 14.6. The molecule has 0 radical (unpaired) electrons. The molecule has 3 aromatic rings. The van der Waals surface area contributed by atoms with Crippen molar-refractivity contribution in [2.75, 3.05) is 27.3 Å². The molecule has 1 amide bonds. The molecule has 0 unspecified atom stereocenters. The van der Waals surface area contributed by atoms with E-state index < -0.39 is 0 Å². The molecule has 2 heterocycles. The zero-order valence-corrected chi connectivity index (χ0v) is 17.9. The Morgan fingerprint density at radius 2 is 1.57 bits per heavy atom. The van der Waals surface area contributed by atoms with Gasteiger partial charge >= 0.3 is 0 Å². The maximum absolute atomic E-state index is 13.3. The SMILES string of the molecule is COc1ccc(-c2cc(C(=O)N3CCCCC3)c(C)n2-c2cccc(OC)c2)cc1. The van der Waals surface area contributed by atoms with Gasteiger partial charge in [-0.25, -0.2) is 0 Å². The van der Waals surface area contributed by atoms with E-state index in [1.165, 1.54) is 6.42 Å². The summed E-state index contributed by atoms with van der Waals surface area (Å²) in [6, 6.07) is 17.9. The van der Waals surface area contributed by atoms with Gasteiger partial charge in [-0.15, -0.1) is 0 Å². The van der Waals surface area contributed by atoms with Crippen LogP contribution in [0.1, 0.15) is 35.3 Å². The Morgan fingerprint density at radius 1 is 0.867 bits per heavy atom. The lowest BCUT2D eigenvalue weighted by Crippen LogP contribution is -2.35. The van der Waals surface area contributed by atoms with Gasteiger partial charge in [0.15, 0.2) is 0 Å². The maximum atomic E-state index is 13.3. The lowest BCUT2D eigenvalue weighted by atomic mass is 10.1. The number of likely N-dealkylation sites (tertiary alicyclic amines) is 1. The minimum absolute atomic E-state index is 0.114. The Bertz CT molecular complexity index is 1030. The summed E-state index contributed by atoms with van der Waals surface area (Å²) in [5, 5.41) is 0. The van der Waals surface area contributed by atoms with Gasteiger partial charge in [0.2, 0.25) is 0 Å². The summed E-state index contributed by atoms with van der Waals surface area (Å²) >= 11 is 0. The minimum Gasteiger partial charge on any atom is -0.497 e. The molecule has 5 heteroatoms. The number of benzene rings is 2. The third-order valence-corrected chi connectivity index (χ3v) is 5.82. The van der Waals surface area contributed by atoms with Gasteiger partial charge < -0.3 is 18.9 Å². The van der Waals surface area contributed by atoms with E-state index in [0.29, 0.717) is 0 Å². The van der Waals surface area contributed by atoms with Crippen molar-refractivity contribution in [1.82, 2.24) is 9.47 Å². The first-order valence-electron chi connectivity index (χ1n) is 10.4. The fraction of sp³-hybridized carbons (Fsp3) is 0.320. The molecule has 1 aliphatic heterocycles. The molecule has 0 aliphatic carbocycles. The molecule has 0 N–H and O–H groups in total. The summed E-state index contributed by atoms with van der Waals surface area (Å²) in [6.07, 6.45) is 3.35. The fourth-order valence-electron chi connectivity index (χ4n) is 4.15. The first-order valence-corrected chi connectivity index (χ1v) is 10.4. The van der Waals surface area contributed by atoms with Gasteiger partial charge in [0.25, 0.3) is 5.91 Å². The fourth-order valence-corrected chi connectivity index (χ4v) is 4.15. The Labute approximate surface area is 177 Å². The highest BCUT2D eigenvalue weighted by molar-refractivity contribution is 5.97. The number of methoxy groups -OCH3 is 2. The molecule has 0 atom stereocenters. The highest BCUT2D eigenvalue weighted by Gasteiger charge is 2.24. The molecule has 30 heavy (non-hydrogen) atoms. The molecule has 0 saturated carbocycles. The number of hydrogen-bond donors (Lipinski definition) is 0. The Hall–Kier alpha value is -3.21. The first kappa shape index (κ1) is 20.1. The number of carbonyl (C=O) groups excluding carboxylic acids is 1. The third kappa shape index (κ3) is 3.80. The van der Waals surface area contributed by atoms with Gasteiger partial charge in [0.1, 0.15) is 11.5 Å². The predicted octanol–water partition coefficient (Wildman–Crippen LogP) is 5.10. The second-order valence-corrected chi connectivity index (χ2v) is 7.65. The van der Waals surface area contributed by atoms with Crippen molar-refractivity contribution >= 4 is 5.91 Å². The minimum atomic E-state index is 0.114. The van der Waals surface area contributed by atoms with Gasteiger partial charge in [-0.1, -0.05) is 6.07 Å². The second-order valence-electron chi connectivity index (χ2n) is 7.65. The lowest BCUT2D eigenvalue weighted by molar-refractivity contribution is 0.0723. The molecule has 156 valence electrons. The van der Waals surface area contributed by atoms with Crippen molar-refractivity contribution in [3.05, 3.63) is 65.9 Å². The number of nitrogens with zero attached hydrogens (tertiary/aromatic N) is 2. The molecule has 0 bridgehead atoms. The molecule has 5 nitrogen and oxygen atoms in total. The largest absolute Gasteiger partial charge is 0.497 e. The maximum Gasteiger partial charge on any atom is 0.255 e. The number of carbonyl (C=O) groups is 1. The van der Waals surface area contributed by atoms with E-state index in [9.17, 15) is 4.79 Å². The topological polar surface area (TPSA) is 43.7 Å². The smallest absolute Gasteiger partial charge is 0.255 e. The summed E-state index contributed by atoms with van der Waals surface area (Å²) < 4.78 is 12.9. The van der Waals surface area contributed by atoms with Crippen molar-refractivity contribution in [1.29, 1.82) is 0 Å². The Balaban J connectivity index is 1.84. The van der Waals surface area contributed by atoms with Crippen LogP contribution in [0.5, 0.6) is 11.5 Å². The van der Waals surface area contributed by atoms with Crippen molar-refractivity contribution in [2.24, 2.45) is 0 Å². The number of piperidine rings is 1. The van der Waals surface area contributed by atoms with Crippen LogP contribution in [0.25, 0.3) is 16.9 Å². The van der Waals surface area contributed by atoms with E-state index in [-0.39, 0.29) is 5.91 Å². The molecule has 1 aliphatic rings. The molecular formula is C25H28N2O3. The zero-order valence-electron chi connectivity index (χ0n) is 17.9. The van der Waals surface area contributed by atoms with Crippen molar-refractivity contribution < 1.29 is 14.3 Å². The van der Waals surface area contributed by atoms with Crippen LogP contribution in [0.3, 0.4) is 0 Å². The number of hydrogen-bond acceptors (Lipinski definition) is 3. The quantitative estimate of drug-likeness (QED) is 0.594. The summed E-state index contributed by atoms with van der Waals surface area (Å²) in [4.78, 5) is 15.3. The molecule has 1 saturated heterocycles. The van der Waals surface area contributed by atoms with Crippen molar-refractivity contribution in [2.45, 2.75) is 26.2 Å². The molecule has 4 rings (SSSR count). The van der Waals surface area contributed by atoms with Gasteiger partial charge in [0.05, 0.1) is 25.5 Å². The monoisotopic (exact) mass is 404 g/mol. The molecule has 1 fully saturated rings. The van der Waals surface area contributed by atoms with Crippen molar-refractivity contribution in [3.63, 3.8) is 0 Å². The van der Waals surface area contributed by atoms with Crippen LogP contribution >= 0.6 is 0 Å². The standard InChI is InChI=1S/C25H28N2O3/c1-18-23(25(28)26-14-5-4-6-15-26)17-24(19-10-12-21(29-2)13-11-19)27(18)20-8-7-9-22(16-20)30-3/h7-13,16-17H,4-6,14-15H2,1-3H3. The van der Waals surface area contributed by atoms with E-state index in [2.05, 4.69) is 4.57 Å². The Kier molecular flexibility index (Phi) is 5.79. The molecular weight excluding hydrogens is 376 g/mol. The van der Waals surface area contributed by atoms with Crippen LogP contribution in [0.2, 0.25) is 0 Å². The highest BCUT2D eigenvalue weighted by Crippen LogP contribution is 2.32. The molecule has 2 aromatic carbocycles. The van der Waals surface area contributed by atoms with Crippen LogP contribution < -0.4 is 9.47 Å². The average molecular weight is 405 g/mol. The normalized spacial score (nSPS) is 13.9. The highest BCUT2D eigenvalue weighted by atomic mass is 16.5. The zero-order chi connectivity index (χ0) is 21.1. The predicted molar refractivity (Wildman–Crippen MR) is 119 cm³/mol. The number of amides is 1. The van der Waals surface area contributed by atoms with Crippen LogP contribution in [-0.4, -0.2) is 42.7 Å². The molecule has 1 aromatic heterocycles. The summed E-state index contributed by atoms with van der Waals surface area (Å²) in [5.41, 5.74) is 4.66. The second kappa shape index (κ2) is 8.66.